The van der Waals surface area contributed by atoms with Crippen molar-refractivity contribution >= 4 is 23.2 Å². The van der Waals surface area contributed by atoms with E-state index in [0.29, 0.717) is 12.8 Å². The number of likely N-dealkylation sites (tertiary alicyclic amines) is 1. The summed E-state index contributed by atoms with van der Waals surface area (Å²) in [5, 5.41) is 4.82. The third kappa shape index (κ3) is 2.03. The first-order chi connectivity index (χ1) is 8.75. The number of thiophene rings is 1. The summed E-state index contributed by atoms with van der Waals surface area (Å²) < 4.78 is 0. The van der Waals surface area contributed by atoms with Gasteiger partial charge in [-0.3, -0.25) is 9.59 Å². The number of carbonyl (C=O) groups is 2. The number of nitrogens with zero attached hydrogens (tertiary/aromatic N) is 1. The Labute approximate surface area is 110 Å². The number of hydrogen-bond acceptors (Lipinski definition) is 3. The molecular weight excluding hydrogens is 248 g/mol. The molecule has 1 N–H and O–H groups in total. The Morgan fingerprint density at radius 3 is 3.00 bits per heavy atom. The van der Waals surface area contributed by atoms with Crippen molar-refractivity contribution in [3.63, 3.8) is 0 Å². The monoisotopic (exact) mass is 264 g/mol. The first-order valence-corrected chi connectivity index (χ1v) is 7.27. The molecule has 18 heavy (non-hydrogen) atoms. The Hall–Kier alpha value is -1.36. The van der Waals surface area contributed by atoms with E-state index in [4.69, 9.17) is 0 Å². The highest BCUT2D eigenvalue weighted by Crippen LogP contribution is 2.35. The van der Waals surface area contributed by atoms with Gasteiger partial charge < -0.3 is 10.2 Å². The van der Waals surface area contributed by atoms with Gasteiger partial charge in [0.25, 0.3) is 0 Å². The molecular formula is C13H16N2O2S. The van der Waals surface area contributed by atoms with E-state index in [1.165, 1.54) is 4.88 Å². The van der Waals surface area contributed by atoms with E-state index >= 15 is 0 Å². The van der Waals surface area contributed by atoms with Gasteiger partial charge >= 0.3 is 0 Å². The molecule has 1 aromatic rings. The minimum atomic E-state index is -0.293. The second-order valence-electron chi connectivity index (χ2n) is 4.86. The molecule has 2 amide bonds. The lowest BCUT2D eigenvalue weighted by Gasteiger charge is -2.26. The quantitative estimate of drug-likeness (QED) is 0.883. The molecule has 0 radical (unpaired) electrons. The lowest BCUT2D eigenvalue weighted by atomic mass is 10.1. The van der Waals surface area contributed by atoms with Crippen LogP contribution in [0.1, 0.15) is 36.6 Å². The molecule has 1 aromatic heterocycles. The van der Waals surface area contributed by atoms with Crippen LogP contribution in [-0.4, -0.2) is 29.3 Å². The van der Waals surface area contributed by atoms with Crippen molar-refractivity contribution in [3.05, 3.63) is 22.4 Å². The molecule has 96 valence electrons. The van der Waals surface area contributed by atoms with Crippen LogP contribution in [0.2, 0.25) is 0 Å². The van der Waals surface area contributed by atoms with Crippen molar-refractivity contribution in [2.75, 3.05) is 6.54 Å². The van der Waals surface area contributed by atoms with Crippen LogP contribution in [0, 0.1) is 0 Å². The smallest absolute Gasteiger partial charge is 0.245 e. The summed E-state index contributed by atoms with van der Waals surface area (Å²) in [6.45, 7) is 0.813. The minimum absolute atomic E-state index is 0.000204. The van der Waals surface area contributed by atoms with Gasteiger partial charge in [0.1, 0.15) is 6.04 Å². The molecule has 0 aromatic carbocycles. The standard InChI is InChI=1S/C13H16N2O2S/c16-12-6-5-9(14-12)13(17)15-7-1-3-10(15)11-4-2-8-18-11/h2,4,8-10H,1,3,5-7H2,(H,14,16). The van der Waals surface area contributed by atoms with E-state index in [1.807, 2.05) is 16.3 Å². The Balaban J connectivity index is 1.75. The predicted octanol–water partition coefficient (Wildman–Crippen LogP) is 1.69. The molecule has 2 unspecified atom stereocenters. The molecule has 0 spiro atoms. The van der Waals surface area contributed by atoms with Crippen molar-refractivity contribution in [1.82, 2.24) is 10.2 Å². The molecule has 2 aliphatic heterocycles. The van der Waals surface area contributed by atoms with Crippen LogP contribution >= 0.6 is 11.3 Å². The topological polar surface area (TPSA) is 49.4 Å². The maximum Gasteiger partial charge on any atom is 0.245 e. The minimum Gasteiger partial charge on any atom is -0.344 e. The average Bonchev–Trinajstić information content (AvgIpc) is 3.08. The largest absolute Gasteiger partial charge is 0.344 e. The van der Waals surface area contributed by atoms with E-state index < -0.39 is 0 Å². The first kappa shape index (κ1) is 11.7. The van der Waals surface area contributed by atoms with E-state index in [-0.39, 0.29) is 23.9 Å². The van der Waals surface area contributed by atoms with Gasteiger partial charge in [0.15, 0.2) is 0 Å². The third-order valence-electron chi connectivity index (χ3n) is 3.70. The molecule has 0 saturated carbocycles. The summed E-state index contributed by atoms with van der Waals surface area (Å²) in [4.78, 5) is 26.8. The number of hydrogen-bond donors (Lipinski definition) is 1. The van der Waals surface area contributed by atoms with Crippen LogP contribution in [0.4, 0.5) is 0 Å². The van der Waals surface area contributed by atoms with Crippen LogP contribution < -0.4 is 5.32 Å². The maximum atomic E-state index is 12.4. The van der Waals surface area contributed by atoms with Gasteiger partial charge in [-0.25, -0.2) is 0 Å². The van der Waals surface area contributed by atoms with Gasteiger partial charge in [0, 0.05) is 17.8 Å². The zero-order valence-electron chi connectivity index (χ0n) is 10.1. The van der Waals surface area contributed by atoms with Gasteiger partial charge in [-0.05, 0) is 30.7 Å². The van der Waals surface area contributed by atoms with Crippen molar-refractivity contribution in [2.45, 2.75) is 37.8 Å². The first-order valence-electron chi connectivity index (χ1n) is 6.39. The zero-order valence-corrected chi connectivity index (χ0v) is 10.9. The number of rotatable bonds is 2. The SMILES string of the molecule is O=C1CCC(C(=O)N2CCCC2c2cccs2)N1. The fraction of sp³-hybridized carbons (Fsp3) is 0.538. The van der Waals surface area contributed by atoms with Crippen molar-refractivity contribution < 1.29 is 9.59 Å². The van der Waals surface area contributed by atoms with Crippen LogP contribution in [0.5, 0.6) is 0 Å². The van der Waals surface area contributed by atoms with Crippen LogP contribution in [0.15, 0.2) is 17.5 Å². The van der Waals surface area contributed by atoms with Gasteiger partial charge in [-0.15, -0.1) is 11.3 Å². The van der Waals surface area contributed by atoms with Crippen molar-refractivity contribution in [1.29, 1.82) is 0 Å². The molecule has 2 atom stereocenters. The highest BCUT2D eigenvalue weighted by atomic mass is 32.1. The predicted molar refractivity (Wildman–Crippen MR) is 69.2 cm³/mol. The number of nitrogens with one attached hydrogen (secondary N) is 1. The van der Waals surface area contributed by atoms with Gasteiger partial charge in [-0.2, -0.15) is 0 Å². The summed E-state index contributed by atoms with van der Waals surface area (Å²) in [7, 11) is 0. The Bertz CT molecular complexity index is 458. The molecule has 0 aliphatic carbocycles. The number of carbonyl (C=O) groups excluding carboxylic acids is 2. The average molecular weight is 264 g/mol. The molecule has 4 nitrogen and oxygen atoms in total. The fourth-order valence-corrected chi connectivity index (χ4v) is 3.68. The highest BCUT2D eigenvalue weighted by Gasteiger charge is 2.37. The van der Waals surface area contributed by atoms with E-state index in [0.717, 1.165) is 19.4 Å². The van der Waals surface area contributed by atoms with E-state index in [9.17, 15) is 9.59 Å². The molecule has 2 aliphatic rings. The van der Waals surface area contributed by atoms with E-state index in [2.05, 4.69) is 11.4 Å². The second-order valence-corrected chi connectivity index (χ2v) is 5.84. The lowest BCUT2D eigenvalue weighted by Crippen LogP contribution is -2.43. The maximum absolute atomic E-state index is 12.4. The third-order valence-corrected chi connectivity index (χ3v) is 4.67. The second kappa shape index (κ2) is 4.72. The Kier molecular flexibility index (Phi) is 3.07. The molecule has 3 heterocycles. The van der Waals surface area contributed by atoms with Crippen LogP contribution in [0.25, 0.3) is 0 Å². The summed E-state index contributed by atoms with van der Waals surface area (Å²) in [5.41, 5.74) is 0. The van der Waals surface area contributed by atoms with Gasteiger partial charge in [0.05, 0.1) is 6.04 Å². The Morgan fingerprint density at radius 1 is 1.44 bits per heavy atom. The summed E-state index contributed by atoms with van der Waals surface area (Å²) >= 11 is 1.70. The van der Waals surface area contributed by atoms with Crippen molar-refractivity contribution in [2.24, 2.45) is 0 Å². The van der Waals surface area contributed by atoms with E-state index in [1.54, 1.807) is 11.3 Å². The zero-order chi connectivity index (χ0) is 12.5. The number of amides is 2. The molecule has 5 heteroatoms. The molecule has 2 saturated heterocycles. The lowest BCUT2D eigenvalue weighted by molar-refractivity contribution is -0.135. The fourth-order valence-electron chi connectivity index (χ4n) is 2.81. The van der Waals surface area contributed by atoms with Crippen molar-refractivity contribution in [3.8, 4) is 0 Å². The molecule has 0 bridgehead atoms. The summed E-state index contributed by atoms with van der Waals surface area (Å²) in [6, 6.07) is 4.04. The van der Waals surface area contributed by atoms with Crippen LogP contribution in [0.3, 0.4) is 0 Å². The summed E-state index contributed by atoms with van der Waals surface area (Å²) in [6.07, 6.45) is 3.21. The van der Waals surface area contributed by atoms with Crippen LogP contribution in [-0.2, 0) is 9.59 Å². The normalized spacial score (nSPS) is 27.6. The highest BCUT2D eigenvalue weighted by molar-refractivity contribution is 7.10. The molecule has 3 rings (SSSR count). The summed E-state index contributed by atoms with van der Waals surface area (Å²) in [5.74, 6) is 0.0944. The Morgan fingerprint density at radius 2 is 2.33 bits per heavy atom. The van der Waals surface area contributed by atoms with Gasteiger partial charge in [-0.1, -0.05) is 6.07 Å². The van der Waals surface area contributed by atoms with Gasteiger partial charge in [0.2, 0.25) is 11.8 Å². The molecule has 2 fully saturated rings.